The fraction of sp³-hybridized carbons (Fsp3) is 0.188. The molecule has 0 N–H and O–H groups in total. The third-order valence-electron chi connectivity index (χ3n) is 2.96. The van der Waals surface area contributed by atoms with Gasteiger partial charge in [-0.3, -0.25) is 0 Å². The monoisotopic (exact) mass is 237 g/mol. The molecule has 0 atom stereocenters. The Labute approximate surface area is 107 Å². The Kier molecular flexibility index (Phi) is 3.34. The molecule has 0 heterocycles. The van der Waals surface area contributed by atoms with E-state index in [-0.39, 0.29) is 0 Å². The van der Waals surface area contributed by atoms with Gasteiger partial charge in [-0.15, -0.1) is 0 Å². The van der Waals surface area contributed by atoms with E-state index in [0.717, 1.165) is 11.3 Å². The van der Waals surface area contributed by atoms with E-state index in [4.69, 9.17) is 10.00 Å². The van der Waals surface area contributed by atoms with Crippen LogP contribution in [-0.4, -0.2) is 0 Å². The van der Waals surface area contributed by atoms with Gasteiger partial charge in [-0.1, -0.05) is 12.1 Å². The summed E-state index contributed by atoms with van der Waals surface area (Å²) >= 11 is 0. The third kappa shape index (κ3) is 2.52. The van der Waals surface area contributed by atoms with Gasteiger partial charge >= 0.3 is 0 Å². The lowest BCUT2D eigenvalue weighted by Crippen LogP contribution is -1.90. The highest BCUT2D eigenvalue weighted by atomic mass is 16.5. The molecule has 0 fully saturated rings. The second kappa shape index (κ2) is 4.93. The predicted octanol–water partition coefficient (Wildman–Crippen LogP) is 4.28. The van der Waals surface area contributed by atoms with Crippen LogP contribution >= 0.6 is 0 Å². The largest absolute Gasteiger partial charge is 0.456 e. The average molecular weight is 237 g/mol. The Bertz CT molecular complexity index is 623. The smallest absolute Gasteiger partial charge is 0.145 e. The van der Waals surface area contributed by atoms with E-state index in [1.54, 1.807) is 6.07 Å². The van der Waals surface area contributed by atoms with Gasteiger partial charge in [0.15, 0.2) is 0 Å². The first-order chi connectivity index (χ1) is 8.60. The molecule has 2 nitrogen and oxygen atoms in total. The fourth-order valence-electron chi connectivity index (χ4n) is 1.71. The summed E-state index contributed by atoms with van der Waals surface area (Å²) in [5, 5.41) is 9.06. The van der Waals surface area contributed by atoms with Gasteiger partial charge in [-0.25, -0.2) is 0 Å². The molecule has 0 saturated heterocycles. The van der Waals surface area contributed by atoms with Crippen LogP contribution < -0.4 is 4.74 Å². The lowest BCUT2D eigenvalue weighted by Gasteiger charge is -2.09. The lowest BCUT2D eigenvalue weighted by molar-refractivity contribution is 0.480. The first kappa shape index (κ1) is 12.2. The van der Waals surface area contributed by atoms with Crippen molar-refractivity contribution in [2.45, 2.75) is 20.8 Å². The van der Waals surface area contributed by atoms with Crippen LogP contribution in [0.4, 0.5) is 0 Å². The maximum absolute atomic E-state index is 9.06. The van der Waals surface area contributed by atoms with Crippen molar-refractivity contribution in [2.24, 2.45) is 0 Å². The van der Waals surface area contributed by atoms with E-state index in [2.05, 4.69) is 13.0 Å². The highest BCUT2D eigenvalue weighted by Gasteiger charge is 2.05. The highest BCUT2D eigenvalue weighted by molar-refractivity contribution is 5.47. The first-order valence-corrected chi connectivity index (χ1v) is 5.86. The van der Waals surface area contributed by atoms with Gasteiger partial charge in [0.1, 0.15) is 17.6 Å². The zero-order valence-corrected chi connectivity index (χ0v) is 10.8. The molecule has 18 heavy (non-hydrogen) atoms. The number of ether oxygens (including phenoxy) is 1. The van der Waals surface area contributed by atoms with Crippen molar-refractivity contribution in [2.75, 3.05) is 0 Å². The number of rotatable bonds is 2. The second-order valence-electron chi connectivity index (χ2n) is 4.46. The maximum atomic E-state index is 9.06. The summed E-state index contributed by atoms with van der Waals surface area (Å²) in [6.45, 7) is 6.09. The summed E-state index contributed by atoms with van der Waals surface area (Å²) in [5.41, 5.74) is 4.04. The van der Waals surface area contributed by atoms with E-state index in [9.17, 15) is 0 Å². The molecule has 0 aliphatic rings. The highest BCUT2D eigenvalue weighted by Crippen LogP contribution is 2.27. The van der Waals surface area contributed by atoms with Gasteiger partial charge in [-0.2, -0.15) is 5.26 Å². The van der Waals surface area contributed by atoms with Crippen LogP contribution in [0.2, 0.25) is 0 Å². The predicted molar refractivity (Wildman–Crippen MR) is 71.9 cm³/mol. The van der Waals surface area contributed by atoms with Crippen molar-refractivity contribution >= 4 is 0 Å². The van der Waals surface area contributed by atoms with Gasteiger partial charge in [0, 0.05) is 0 Å². The average Bonchev–Trinajstić information content (AvgIpc) is 2.34. The molecular formula is C16H15NO. The molecule has 0 amide bonds. The van der Waals surface area contributed by atoms with E-state index in [1.807, 2.05) is 44.2 Å². The van der Waals surface area contributed by atoms with Crippen LogP contribution in [0.15, 0.2) is 36.4 Å². The SMILES string of the molecule is Cc1ccc(C#N)c(Oc2ccc(C)c(C)c2)c1. The molecule has 0 bridgehead atoms. The normalized spacial score (nSPS) is 9.89. The van der Waals surface area contributed by atoms with Crippen molar-refractivity contribution in [3.8, 4) is 17.6 Å². The summed E-state index contributed by atoms with van der Waals surface area (Å²) < 4.78 is 5.79. The van der Waals surface area contributed by atoms with Gasteiger partial charge in [-0.05, 0) is 61.7 Å². The minimum atomic E-state index is 0.554. The number of hydrogen-bond acceptors (Lipinski definition) is 2. The summed E-state index contributed by atoms with van der Waals surface area (Å²) in [5.74, 6) is 1.38. The first-order valence-electron chi connectivity index (χ1n) is 5.86. The van der Waals surface area contributed by atoms with Gasteiger partial charge < -0.3 is 4.74 Å². The molecule has 0 unspecified atom stereocenters. The Morgan fingerprint density at radius 3 is 2.39 bits per heavy atom. The number of aryl methyl sites for hydroxylation is 3. The van der Waals surface area contributed by atoms with Gasteiger partial charge in [0.2, 0.25) is 0 Å². The van der Waals surface area contributed by atoms with Crippen LogP contribution in [-0.2, 0) is 0 Å². The molecule has 0 saturated carbocycles. The topological polar surface area (TPSA) is 33.0 Å². The van der Waals surface area contributed by atoms with Crippen LogP contribution in [0.25, 0.3) is 0 Å². The van der Waals surface area contributed by atoms with Crippen LogP contribution in [0.5, 0.6) is 11.5 Å². The molecule has 2 aromatic rings. The lowest BCUT2D eigenvalue weighted by atomic mass is 10.1. The summed E-state index contributed by atoms with van der Waals surface area (Å²) in [4.78, 5) is 0. The van der Waals surface area contributed by atoms with Crippen molar-refractivity contribution in [3.63, 3.8) is 0 Å². The van der Waals surface area contributed by atoms with E-state index >= 15 is 0 Å². The molecular weight excluding hydrogens is 222 g/mol. The molecule has 0 radical (unpaired) electrons. The molecule has 2 rings (SSSR count). The van der Waals surface area contributed by atoms with E-state index in [0.29, 0.717) is 11.3 Å². The van der Waals surface area contributed by atoms with Crippen LogP contribution in [0.3, 0.4) is 0 Å². The standard InChI is InChI=1S/C16H15NO/c1-11-4-6-14(10-17)16(8-11)18-15-7-5-12(2)13(3)9-15/h4-9H,1-3H3. The number of hydrogen-bond donors (Lipinski definition) is 0. The molecule has 2 heteroatoms. The van der Waals surface area contributed by atoms with Crippen LogP contribution in [0, 0.1) is 32.1 Å². The Morgan fingerprint density at radius 2 is 1.72 bits per heavy atom. The summed E-state index contributed by atoms with van der Waals surface area (Å²) in [6.07, 6.45) is 0. The minimum Gasteiger partial charge on any atom is -0.456 e. The summed E-state index contributed by atoms with van der Waals surface area (Å²) in [7, 11) is 0. The number of nitriles is 1. The van der Waals surface area contributed by atoms with Crippen molar-refractivity contribution in [1.82, 2.24) is 0 Å². The maximum Gasteiger partial charge on any atom is 0.145 e. The minimum absolute atomic E-state index is 0.554. The molecule has 2 aromatic carbocycles. The number of benzene rings is 2. The van der Waals surface area contributed by atoms with Crippen molar-refractivity contribution < 1.29 is 4.74 Å². The van der Waals surface area contributed by atoms with E-state index < -0.39 is 0 Å². The Balaban J connectivity index is 2.36. The molecule has 0 aliphatic heterocycles. The Hall–Kier alpha value is -2.27. The number of nitrogens with zero attached hydrogens (tertiary/aromatic N) is 1. The van der Waals surface area contributed by atoms with Crippen molar-refractivity contribution in [1.29, 1.82) is 5.26 Å². The zero-order chi connectivity index (χ0) is 13.1. The zero-order valence-electron chi connectivity index (χ0n) is 10.8. The summed E-state index contributed by atoms with van der Waals surface area (Å²) in [6, 6.07) is 13.6. The Morgan fingerprint density at radius 1 is 0.944 bits per heavy atom. The quantitative estimate of drug-likeness (QED) is 0.781. The fourth-order valence-corrected chi connectivity index (χ4v) is 1.71. The third-order valence-corrected chi connectivity index (χ3v) is 2.96. The van der Waals surface area contributed by atoms with Crippen LogP contribution in [0.1, 0.15) is 22.3 Å². The second-order valence-corrected chi connectivity index (χ2v) is 4.46. The molecule has 0 spiro atoms. The van der Waals surface area contributed by atoms with Gasteiger partial charge in [0.05, 0.1) is 5.56 Å². The molecule has 0 aliphatic carbocycles. The van der Waals surface area contributed by atoms with Gasteiger partial charge in [0.25, 0.3) is 0 Å². The van der Waals surface area contributed by atoms with E-state index in [1.165, 1.54) is 11.1 Å². The molecule has 90 valence electrons. The molecule has 0 aromatic heterocycles. The van der Waals surface area contributed by atoms with Crippen molar-refractivity contribution in [3.05, 3.63) is 58.7 Å².